The van der Waals surface area contributed by atoms with Gasteiger partial charge in [-0.3, -0.25) is 4.90 Å². The molecule has 4 rings (SSSR count). The Morgan fingerprint density at radius 1 is 1.07 bits per heavy atom. The summed E-state index contributed by atoms with van der Waals surface area (Å²) in [6.45, 7) is 4.82. The van der Waals surface area contributed by atoms with Crippen LogP contribution in [0.5, 0.6) is 0 Å². The molecule has 0 bridgehead atoms. The van der Waals surface area contributed by atoms with Crippen LogP contribution in [0.2, 0.25) is 0 Å². The highest BCUT2D eigenvalue weighted by Crippen LogP contribution is 2.22. The summed E-state index contributed by atoms with van der Waals surface area (Å²) < 4.78 is 23.1. The van der Waals surface area contributed by atoms with E-state index in [1.165, 1.54) is 11.8 Å². The van der Waals surface area contributed by atoms with E-state index in [1.54, 1.807) is 12.1 Å². The van der Waals surface area contributed by atoms with Crippen LogP contribution in [0, 0.1) is 6.92 Å². The molecule has 0 unspecified atom stereocenters. The SMILES string of the molecule is Cc1ccc2cc3c(nc2n1)CCN(CCc1ccc(S(C)(=O)=O)cc1)C3. The number of hydrogen-bond acceptors (Lipinski definition) is 5. The molecule has 0 amide bonds. The van der Waals surface area contributed by atoms with Crippen molar-refractivity contribution < 1.29 is 8.42 Å². The zero-order valence-corrected chi connectivity index (χ0v) is 16.5. The number of rotatable bonds is 4. The lowest BCUT2D eigenvalue weighted by Gasteiger charge is -2.28. The van der Waals surface area contributed by atoms with Crippen LogP contribution in [0.3, 0.4) is 0 Å². The minimum atomic E-state index is -3.13. The minimum Gasteiger partial charge on any atom is -0.298 e. The van der Waals surface area contributed by atoms with E-state index < -0.39 is 9.84 Å². The van der Waals surface area contributed by atoms with E-state index in [2.05, 4.69) is 22.0 Å². The third-order valence-corrected chi connectivity index (χ3v) is 6.24. The summed E-state index contributed by atoms with van der Waals surface area (Å²) in [4.78, 5) is 12.1. The van der Waals surface area contributed by atoms with E-state index in [0.29, 0.717) is 4.90 Å². The highest BCUT2D eigenvalue weighted by atomic mass is 32.2. The van der Waals surface area contributed by atoms with Crippen molar-refractivity contribution in [3.8, 4) is 0 Å². The fourth-order valence-corrected chi connectivity index (χ4v) is 4.18. The number of hydrogen-bond donors (Lipinski definition) is 0. The molecule has 0 atom stereocenters. The van der Waals surface area contributed by atoms with Crippen molar-refractivity contribution in [2.24, 2.45) is 0 Å². The van der Waals surface area contributed by atoms with Crippen LogP contribution in [0.4, 0.5) is 0 Å². The summed E-state index contributed by atoms with van der Waals surface area (Å²) in [6.07, 6.45) is 3.08. The van der Waals surface area contributed by atoms with Gasteiger partial charge in [0.05, 0.1) is 4.90 Å². The molecule has 0 radical (unpaired) electrons. The summed E-state index contributed by atoms with van der Waals surface area (Å²) in [6, 6.07) is 13.6. The first kappa shape index (κ1) is 18.1. The smallest absolute Gasteiger partial charge is 0.175 e. The number of benzene rings is 1. The number of aryl methyl sites for hydroxylation is 1. The maximum atomic E-state index is 11.6. The van der Waals surface area contributed by atoms with Gasteiger partial charge in [0.2, 0.25) is 0 Å². The van der Waals surface area contributed by atoms with Gasteiger partial charge in [-0.1, -0.05) is 12.1 Å². The first-order chi connectivity index (χ1) is 12.9. The number of fused-ring (bicyclic) bond motifs is 2. The molecule has 6 heteroatoms. The van der Waals surface area contributed by atoms with Gasteiger partial charge in [-0.15, -0.1) is 0 Å². The Balaban J connectivity index is 1.44. The van der Waals surface area contributed by atoms with Crippen LogP contribution >= 0.6 is 0 Å². The van der Waals surface area contributed by atoms with Gasteiger partial charge in [0.15, 0.2) is 15.5 Å². The third-order valence-electron chi connectivity index (χ3n) is 5.11. The first-order valence-electron chi connectivity index (χ1n) is 9.16. The molecular formula is C21H23N3O2S. The van der Waals surface area contributed by atoms with Crippen molar-refractivity contribution in [3.05, 3.63) is 65.0 Å². The molecule has 2 aromatic heterocycles. The summed E-state index contributed by atoms with van der Waals surface area (Å²) in [5.74, 6) is 0. The quantitative estimate of drug-likeness (QED) is 0.695. The Morgan fingerprint density at radius 3 is 2.59 bits per heavy atom. The van der Waals surface area contributed by atoms with Crippen molar-refractivity contribution in [2.45, 2.75) is 31.2 Å². The average molecular weight is 382 g/mol. The fourth-order valence-electron chi connectivity index (χ4n) is 3.55. The molecule has 27 heavy (non-hydrogen) atoms. The maximum absolute atomic E-state index is 11.6. The van der Waals surface area contributed by atoms with E-state index in [4.69, 9.17) is 4.98 Å². The molecule has 140 valence electrons. The molecule has 1 aliphatic heterocycles. The Kier molecular flexibility index (Phi) is 4.70. The molecule has 1 aromatic carbocycles. The lowest BCUT2D eigenvalue weighted by atomic mass is 10.0. The van der Waals surface area contributed by atoms with Crippen LogP contribution in [-0.4, -0.2) is 42.6 Å². The van der Waals surface area contributed by atoms with E-state index in [1.807, 2.05) is 25.1 Å². The lowest BCUT2D eigenvalue weighted by Crippen LogP contribution is -2.32. The molecule has 3 aromatic rings. The van der Waals surface area contributed by atoms with Crippen LogP contribution in [-0.2, 0) is 29.2 Å². The maximum Gasteiger partial charge on any atom is 0.175 e. The van der Waals surface area contributed by atoms with Crippen LogP contribution in [0.25, 0.3) is 11.0 Å². The molecule has 5 nitrogen and oxygen atoms in total. The van der Waals surface area contributed by atoms with Gasteiger partial charge < -0.3 is 0 Å². The standard InChI is InChI=1S/C21H23N3O2S/c1-15-3-6-17-13-18-14-24(12-10-20(18)23-21(17)22-15)11-9-16-4-7-19(8-5-16)27(2,25)26/h3-8,13H,9-12,14H2,1-2H3. The van der Waals surface area contributed by atoms with Crippen molar-refractivity contribution in [1.29, 1.82) is 0 Å². The van der Waals surface area contributed by atoms with E-state index in [0.717, 1.165) is 60.5 Å². The number of sulfone groups is 1. The van der Waals surface area contributed by atoms with Crippen molar-refractivity contribution >= 4 is 20.9 Å². The molecule has 0 saturated heterocycles. The minimum absolute atomic E-state index is 0.375. The second-order valence-corrected chi connectivity index (χ2v) is 9.30. The fraction of sp³-hybridized carbons (Fsp3) is 0.333. The molecule has 0 saturated carbocycles. The normalized spacial score (nSPS) is 15.0. The molecule has 3 heterocycles. The Labute approximate surface area is 160 Å². The number of nitrogens with zero attached hydrogens (tertiary/aromatic N) is 3. The second-order valence-electron chi connectivity index (χ2n) is 7.29. The van der Waals surface area contributed by atoms with Crippen LogP contribution < -0.4 is 0 Å². The van der Waals surface area contributed by atoms with Crippen molar-refractivity contribution in [3.63, 3.8) is 0 Å². The molecule has 0 spiro atoms. The van der Waals surface area contributed by atoms with E-state index >= 15 is 0 Å². The number of aromatic nitrogens is 2. The van der Waals surface area contributed by atoms with E-state index in [9.17, 15) is 8.42 Å². The van der Waals surface area contributed by atoms with E-state index in [-0.39, 0.29) is 0 Å². The van der Waals surface area contributed by atoms with Crippen molar-refractivity contribution in [1.82, 2.24) is 14.9 Å². The van der Waals surface area contributed by atoms with Gasteiger partial charge in [0.25, 0.3) is 0 Å². The topological polar surface area (TPSA) is 63.2 Å². The van der Waals surface area contributed by atoms with Gasteiger partial charge in [0.1, 0.15) is 0 Å². The average Bonchev–Trinajstić information content (AvgIpc) is 2.64. The molecule has 0 aliphatic carbocycles. The Bertz CT molecular complexity index is 1090. The highest BCUT2D eigenvalue weighted by Gasteiger charge is 2.18. The van der Waals surface area contributed by atoms with Gasteiger partial charge in [-0.25, -0.2) is 18.4 Å². The third kappa shape index (κ3) is 4.01. The molecular weight excluding hydrogens is 358 g/mol. The van der Waals surface area contributed by atoms with Crippen LogP contribution in [0.15, 0.2) is 47.4 Å². The van der Waals surface area contributed by atoms with Crippen molar-refractivity contribution in [2.75, 3.05) is 19.3 Å². The first-order valence-corrected chi connectivity index (χ1v) is 11.1. The molecule has 0 fully saturated rings. The summed E-state index contributed by atoms with van der Waals surface area (Å²) in [7, 11) is -3.13. The van der Waals surface area contributed by atoms with Crippen LogP contribution in [0.1, 0.15) is 22.5 Å². The monoisotopic (exact) mass is 381 g/mol. The van der Waals surface area contributed by atoms with Gasteiger partial charge >= 0.3 is 0 Å². The largest absolute Gasteiger partial charge is 0.298 e. The summed E-state index contributed by atoms with van der Waals surface area (Å²) in [5.41, 5.74) is 5.44. The zero-order valence-electron chi connectivity index (χ0n) is 15.6. The van der Waals surface area contributed by atoms with Gasteiger partial charge in [0, 0.05) is 49.1 Å². The Hall–Kier alpha value is -2.31. The summed E-state index contributed by atoms with van der Waals surface area (Å²) >= 11 is 0. The Morgan fingerprint density at radius 2 is 1.85 bits per heavy atom. The molecule has 0 N–H and O–H groups in total. The van der Waals surface area contributed by atoms with Gasteiger partial charge in [-0.05, 0) is 54.8 Å². The highest BCUT2D eigenvalue weighted by molar-refractivity contribution is 7.90. The molecule has 1 aliphatic rings. The predicted octanol–water partition coefficient (Wildman–Crippen LogP) is 2.94. The van der Waals surface area contributed by atoms with Gasteiger partial charge in [-0.2, -0.15) is 0 Å². The predicted molar refractivity (Wildman–Crippen MR) is 107 cm³/mol. The number of pyridine rings is 2. The zero-order chi connectivity index (χ0) is 19.0. The summed E-state index contributed by atoms with van der Waals surface area (Å²) in [5, 5.41) is 1.09. The lowest BCUT2D eigenvalue weighted by molar-refractivity contribution is 0.255. The second kappa shape index (κ2) is 7.02.